The molecule has 2 N–H and O–H groups in total. The van der Waals surface area contributed by atoms with E-state index in [-0.39, 0.29) is 17.5 Å². The zero-order chi connectivity index (χ0) is 24.0. The number of rotatable bonds is 3. The van der Waals surface area contributed by atoms with Crippen molar-refractivity contribution in [2.45, 2.75) is 25.1 Å². The number of hydrogen-bond acceptors (Lipinski definition) is 7. The number of aromatic nitrogens is 6. The first kappa shape index (κ1) is 21.7. The van der Waals surface area contributed by atoms with Gasteiger partial charge in [0.05, 0.1) is 29.0 Å². The number of pyridine rings is 3. The molecule has 1 fully saturated rings. The molecule has 1 amide bonds. The van der Waals surface area contributed by atoms with Gasteiger partial charge in [-0.1, -0.05) is 11.8 Å². The fraction of sp³-hybridized carbons (Fsp3) is 0.273. The lowest BCUT2D eigenvalue weighted by Gasteiger charge is -2.31. The van der Waals surface area contributed by atoms with Crippen molar-refractivity contribution in [1.29, 1.82) is 0 Å². The van der Waals surface area contributed by atoms with Crippen LogP contribution in [0.3, 0.4) is 0 Å². The Bertz CT molecular complexity index is 1420. The molecule has 0 aliphatic carbocycles. The molecule has 1 aliphatic rings. The second kappa shape index (κ2) is 8.04. The largest absolute Gasteiger partial charge is 0.419 e. The molecule has 5 rings (SSSR count). The van der Waals surface area contributed by atoms with E-state index in [0.717, 1.165) is 6.07 Å². The van der Waals surface area contributed by atoms with Crippen molar-refractivity contribution in [2.24, 2.45) is 0 Å². The van der Waals surface area contributed by atoms with Crippen LogP contribution in [0, 0.1) is 0 Å². The maximum absolute atomic E-state index is 13.3. The van der Waals surface area contributed by atoms with Crippen molar-refractivity contribution in [2.75, 3.05) is 18.8 Å². The number of halogens is 3. The Labute approximate surface area is 191 Å². The summed E-state index contributed by atoms with van der Waals surface area (Å²) in [5.74, 6) is -0.706. The van der Waals surface area contributed by atoms with E-state index >= 15 is 0 Å². The number of hydrogen-bond donors (Lipinski definition) is 1. The van der Waals surface area contributed by atoms with E-state index in [1.807, 2.05) is 0 Å². The number of likely N-dealkylation sites (tertiary alicyclic amines) is 1. The van der Waals surface area contributed by atoms with Gasteiger partial charge >= 0.3 is 6.18 Å². The number of anilines is 1. The molecule has 0 unspecified atom stereocenters. The van der Waals surface area contributed by atoms with E-state index in [9.17, 15) is 18.0 Å². The molecule has 0 bridgehead atoms. The molecule has 34 heavy (non-hydrogen) atoms. The number of amides is 1. The monoisotopic (exact) mass is 468 g/mol. The molecule has 4 aromatic heterocycles. The number of fused-ring (bicyclic) bond motifs is 3. The van der Waals surface area contributed by atoms with Crippen molar-refractivity contribution in [3.63, 3.8) is 0 Å². The molecule has 5 heterocycles. The molecule has 174 valence electrons. The molecular weight excluding hydrogens is 449 g/mol. The van der Waals surface area contributed by atoms with Crippen molar-refractivity contribution in [1.82, 2.24) is 34.8 Å². The van der Waals surface area contributed by atoms with E-state index < -0.39 is 17.6 Å². The lowest BCUT2D eigenvalue weighted by molar-refractivity contribution is -0.137. The molecule has 9 nitrogen and oxygen atoms in total. The first-order chi connectivity index (χ1) is 16.3. The Morgan fingerprint density at radius 3 is 2.62 bits per heavy atom. The van der Waals surface area contributed by atoms with Gasteiger partial charge in [-0.25, -0.2) is 14.6 Å². The third-order valence-electron chi connectivity index (χ3n) is 5.96. The van der Waals surface area contributed by atoms with Crippen LogP contribution in [0.2, 0.25) is 0 Å². The summed E-state index contributed by atoms with van der Waals surface area (Å²) < 4.78 is 41.7. The van der Waals surface area contributed by atoms with Crippen molar-refractivity contribution in [3.05, 3.63) is 48.8 Å². The van der Waals surface area contributed by atoms with Crippen molar-refractivity contribution in [3.8, 4) is 11.3 Å². The standard InChI is InChI=1S/C22H19F3N8O/c1-2-18(34)32-7-5-13(6-8-32)33-20-17(30-31-33)11-27-16-4-3-15(29-19(16)20)12-9-14(22(23,24)25)21(26)28-10-12/h2-4,9-11,13H,1,5-8H2,(H2,26,28). The molecule has 12 heteroatoms. The Hall–Kier alpha value is -4.09. The van der Waals surface area contributed by atoms with E-state index in [0.29, 0.717) is 53.7 Å². The van der Waals surface area contributed by atoms with Gasteiger partial charge in [0.25, 0.3) is 0 Å². The van der Waals surface area contributed by atoms with Gasteiger partial charge < -0.3 is 10.6 Å². The molecule has 0 aromatic carbocycles. The summed E-state index contributed by atoms with van der Waals surface area (Å²) in [6.07, 6.45) is 0.839. The number of nitrogens with two attached hydrogens (primary N) is 1. The van der Waals surface area contributed by atoms with Crippen molar-refractivity contribution >= 4 is 33.8 Å². The SMILES string of the molecule is C=CC(=O)N1CCC(n2nnc3cnc4ccc(-c5cnc(N)c(C(F)(F)F)c5)nc4c32)CC1. The van der Waals surface area contributed by atoms with Crippen LogP contribution in [0.25, 0.3) is 33.3 Å². The van der Waals surface area contributed by atoms with Crippen LogP contribution in [-0.4, -0.2) is 53.8 Å². The number of piperidine rings is 1. The Kier molecular flexibility index (Phi) is 5.14. The van der Waals surface area contributed by atoms with Crippen LogP contribution in [0.1, 0.15) is 24.4 Å². The minimum atomic E-state index is -4.64. The minimum Gasteiger partial charge on any atom is -0.383 e. The van der Waals surface area contributed by atoms with Crippen LogP contribution in [0.15, 0.2) is 43.2 Å². The topological polar surface area (TPSA) is 116 Å². The highest BCUT2D eigenvalue weighted by Gasteiger charge is 2.34. The highest BCUT2D eigenvalue weighted by molar-refractivity contribution is 5.99. The van der Waals surface area contributed by atoms with E-state index in [4.69, 9.17) is 5.73 Å². The third kappa shape index (κ3) is 3.70. The van der Waals surface area contributed by atoms with Gasteiger partial charge in [0, 0.05) is 24.8 Å². The number of nitrogen functional groups attached to an aromatic ring is 1. The number of carbonyl (C=O) groups is 1. The lowest BCUT2D eigenvalue weighted by Crippen LogP contribution is -2.38. The van der Waals surface area contributed by atoms with Crippen LogP contribution < -0.4 is 5.73 Å². The number of alkyl halides is 3. The number of nitrogens with zero attached hydrogens (tertiary/aromatic N) is 7. The summed E-state index contributed by atoms with van der Waals surface area (Å²) in [6.45, 7) is 4.63. The Morgan fingerprint density at radius 1 is 1.15 bits per heavy atom. The van der Waals surface area contributed by atoms with Crippen LogP contribution in [0.4, 0.5) is 19.0 Å². The quantitative estimate of drug-likeness (QED) is 0.458. The number of carbonyl (C=O) groups excluding carboxylic acids is 1. The molecule has 1 saturated heterocycles. The summed E-state index contributed by atoms with van der Waals surface area (Å²) in [6, 6.07) is 4.18. The predicted molar refractivity (Wildman–Crippen MR) is 118 cm³/mol. The van der Waals surface area contributed by atoms with Crippen LogP contribution in [0.5, 0.6) is 0 Å². The first-order valence-electron chi connectivity index (χ1n) is 10.5. The summed E-state index contributed by atoms with van der Waals surface area (Å²) in [5, 5.41) is 8.52. The maximum Gasteiger partial charge on any atom is 0.419 e. The molecule has 0 radical (unpaired) electrons. The Morgan fingerprint density at radius 2 is 1.91 bits per heavy atom. The van der Waals surface area contributed by atoms with E-state index in [1.165, 1.54) is 12.3 Å². The highest BCUT2D eigenvalue weighted by atomic mass is 19.4. The van der Waals surface area contributed by atoms with Gasteiger partial charge in [0.15, 0.2) is 0 Å². The summed E-state index contributed by atoms with van der Waals surface area (Å²) in [4.78, 5) is 26.3. The first-order valence-corrected chi connectivity index (χ1v) is 10.5. The smallest absolute Gasteiger partial charge is 0.383 e. The predicted octanol–water partition coefficient (Wildman–Crippen LogP) is 3.39. The third-order valence-corrected chi connectivity index (χ3v) is 5.96. The normalized spacial score (nSPS) is 15.2. The van der Waals surface area contributed by atoms with Gasteiger partial charge in [-0.15, -0.1) is 5.10 Å². The van der Waals surface area contributed by atoms with Gasteiger partial charge in [-0.2, -0.15) is 13.2 Å². The Balaban J connectivity index is 1.58. The summed E-state index contributed by atoms with van der Waals surface area (Å²) >= 11 is 0. The van der Waals surface area contributed by atoms with Gasteiger partial charge in [-0.3, -0.25) is 9.78 Å². The molecule has 0 atom stereocenters. The molecule has 1 aliphatic heterocycles. The van der Waals surface area contributed by atoms with E-state index in [2.05, 4.69) is 31.8 Å². The lowest BCUT2D eigenvalue weighted by atomic mass is 10.0. The maximum atomic E-state index is 13.3. The van der Waals surface area contributed by atoms with Gasteiger partial charge in [0.2, 0.25) is 5.91 Å². The zero-order valence-corrected chi connectivity index (χ0v) is 17.8. The van der Waals surface area contributed by atoms with E-state index in [1.54, 1.807) is 27.9 Å². The molecule has 0 saturated carbocycles. The van der Waals surface area contributed by atoms with Crippen LogP contribution >= 0.6 is 0 Å². The summed E-state index contributed by atoms with van der Waals surface area (Å²) in [5.41, 5.74) is 7.06. The second-order valence-corrected chi connectivity index (χ2v) is 8.01. The van der Waals surface area contributed by atoms with Crippen LogP contribution in [-0.2, 0) is 11.0 Å². The molecular formula is C22H19F3N8O. The second-order valence-electron chi connectivity index (χ2n) is 8.01. The highest BCUT2D eigenvalue weighted by Crippen LogP contribution is 2.35. The fourth-order valence-electron chi connectivity index (χ4n) is 4.20. The molecule has 4 aromatic rings. The summed E-state index contributed by atoms with van der Waals surface area (Å²) in [7, 11) is 0. The average molecular weight is 468 g/mol. The molecule has 0 spiro atoms. The van der Waals surface area contributed by atoms with Crippen molar-refractivity contribution < 1.29 is 18.0 Å². The van der Waals surface area contributed by atoms with Gasteiger partial charge in [-0.05, 0) is 37.1 Å². The average Bonchev–Trinajstić information content (AvgIpc) is 3.27. The zero-order valence-electron chi connectivity index (χ0n) is 17.8. The van der Waals surface area contributed by atoms with Gasteiger partial charge in [0.1, 0.15) is 22.4 Å². The fourth-order valence-corrected chi connectivity index (χ4v) is 4.20. The minimum absolute atomic E-state index is 0.0232.